The minimum Gasteiger partial charge on any atom is -0.506 e. The van der Waals surface area contributed by atoms with E-state index in [-0.39, 0.29) is 16.9 Å². The first-order valence-electron chi connectivity index (χ1n) is 7.56. The molecule has 0 aliphatic carbocycles. The zero-order valence-electron chi connectivity index (χ0n) is 13.9. The Balaban J connectivity index is 2.12. The van der Waals surface area contributed by atoms with Gasteiger partial charge in [0, 0.05) is 18.3 Å². The molecule has 0 saturated heterocycles. The van der Waals surface area contributed by atoms with Crippen LogP contribution < -0.4 is 0 Å². The molecule has 0 aromatic heterocycles. The maximum absolute atomic E-state index is 10.6. The quantitative estimate of drug-likeness (QED) is 0.488. The number of aromatic hydroxyl groups is 1. The van der Waals surface area contributed by atoms with Crippen molar-refractivity contribution in [1.29, 1.82) is 0 Å². The molecule has 24 heavy (non-hydrogen) atoms. The Kier molecular flexibility index (Phi) is 5.14. The summed E-state index contributed by atoms with van der Waals surface area (Å²) in [7, 11) is 0. The predicted octanol–water partition coefficient (Wildman–Crippen LogP) is 5.01. The van der Waals surface area contributed by atoms with Gasteiger partial charge in [0.2, 0.25) is 0 Å². The fourth-order valence-corrected chi connectivity index (χ4v) is 2.08. The molecule has 2 aromatic carbocycles. The maximum Gasteiger partial charge on any atom is 0.269 e. The third-order valence-electron chi connectivity index (χ3n) is 3.53. The lowest BCUT2D eigenvalue weighted by Gasteiger charge is -2.19. The van der Waals surface area contributed by atoms with Crippen molar-refractivity contribution in [2.75, 3.05) is 0 Å². The van der Waals surface area contributed by atoms with Crippen LogP contribution in [0.15, 0.2) is 53.5 Å². The number of hydrogen-bond acceptors (Lipinski definition) is 4. The maximum atomic E-state index is 10.6. The van der Waals surface area contributed by atoms with Crippen molar-refractivity contribution in [2.45, 2.75) is 26.2 Å². The van der Waals surface area contributed by atoms with Gasteiger partial charge in [-0.25, -0.2) is 0 Å². The van der Waals surface area contributed by atoms with Crippen LogP contribution in [0.25, 0.3) is 6.08 Å². The van der Waals surface area contributed by atoms with Crippen molar-refractivity contribution in [3.63, 3.8) is 0 Å². The standard InChI is InChI=1S/C19H20N2O3/c1-19(2,3)15-8-11-18(22)17(13-15)20-12-4-5-14-6-9-16(10-7-14)21(23)24/h4-13,22H,1-3H3. The smallest absolute Gasteiger partial charge is 0.269 e. The zero-order chi connectivity index (χ0) is 17.7. The molecule has 0 amide bonds. The normalized spacial score (nSPS) is 12.1. The second-order valence-corrected chi connectivity index (χ2v) is 6.44. The van der Waals surface area contributed by atoms with Crippen molar-refractivity contribution < 1.29 is 10.0 Å². The topological polar surface area (TPSA) is 75.7 Å². The molecule has 2 rings (SSSR count). The number of phenols is 1. The molecule has 5 nitrogen and oxygen atoms in total. The second kappa shape index (κ2) is 7.08. The Morgan fingerprint density at radius 2 is 1.79 bits per heavy atom. The molecule has 2 aromatic rings. The number of nitrogens with zero attached hydrogens (tertiary/aromatic N) is 2. The molecule has 0 saturated carbocycles. The fourth-order valence-electron chi connectivity index (χ4n) is 2.08. The lowest BCUT2D eigenvalue weighted by atomic mass is 9.87. The molecule has 0 radical (unpaired) electrons. The van der Waals surface area contributed by atoms with Crippen LogP contribution in [0.3, 0.4) is 0 Å². The molecule has 0 aliphatic rings. The molecule has 0 fully saturated rings. The summed E-state index contributed by atoms with van der Waals surface area (Å²) in [5.41, 5.74) is 2.47. The minimum absolute atomic E-state index is 0.0213. The SMILES string of the molecule is CC(C)(C)c1ccc(O)c(N=CC=Cc2ccc([N+](=O)[O-])cc2)c1. The van der Waals surface area contributed by atoms with E-state index in [0.717, 1.165) is 11.1 Å². The van der Waals surface area contributed by atoms with E-state index < -0.39 is 4.92 Å². The highest BCUT2D eigenvalue weighted by atomic mass is 16.6. The molecular formula is C19H20N2O3. The van der Waals surface area contributed by atoms with E-state index >= 15 is 0 Å². The average molecular weight is 324 g/mol. The van der Waals surface area contributed by atoms with Crippen molar-refractivity contribution in [2.24, 2.45) is 4.99 Å². The molecule has 124 valence electrons. The van der Waals surface area contributed by atoms with Gasteiger partial charge in [-0.15, -0.1) is 0 Å². The van der Waals surface area contributed by atoms with E-state index in [0.29, 0.717) is 5.69 Å². The van der Waals surface area contributed by atoms with E-state index in [2.05, 4.69) is 25.8 Å². The highest BCUT2D eigenvalue weighted by Gasteiger charge is 2.14. The number of aliphatic imine (C=N–C) groups is 1. The average Bonchev–Trinajstić information content (AvgIpc) is 2.52. The van der Waals surface area contributed by atoms with Crippen molar-refractivity contribution in [3.05, 3.63) is 69.8 Å². The van der Waals surface area contributed by atoms with Gasteiger partial charge in [0.15, 0.2) is 0 Å². The summed E-state index contributed by atoms with van der Waals surface area (Å²) in [5, 5.41) is 20.5. The third kappa shape index (κ3) is 4.52. The highest BCUT2D eigenvalue weighted by Crippen LogP contribution is 2.32. The number of benzene rings is 2. The van der Waals surface area contributed by atoms with Gasteiger partial charge in [0.05, 0.1) is 4.92 Å². The third-order valence-corrected chi connectivity index (χ3v) is 3.53. The Hall–Kier alpha value is -2.95. The number of nitro groups is 1. The largest absolute Gasteiger partial charge is 0.506 e. The number of nitro benzene ring substituents is 1. The molecule has 5 heteroatoms. The molecule has 0 bridgehead atoms. The second-order valence-electron chi connectivity index (χ2n) is 6.44. The fraction of sp³-hybridized carbons (Fsp3) is 0.211. The molecule has 0 heterocycles. The molecule has 1 N–H and O–H groups in total. The predicted molar refractivity (Wildman–Crippen MR) is 97.1 cm³/mol. The molecular weight excluding hydrogens is 304 g/mol. The van der Waals surface area contributed by atoms with Gasteiger partial charge in [0.25, 0.3) is 5.69 Å². The van der Waals surface area contributed by atoms with E-state index in [9.17, 15) is 15.2 Å². The van der Waals surface area contributed by atoms with Crippen LogP contribution >= 0.6 is 0 Å². The number of rotatable bonds is 4. The zero-order valence-corrected chi connectivity index (χ0v) is 13.9. The first-order valence-corrected chi connectivity index (χ1v) is 7.56. The van der Waals surface area contributed by atoms with Crippen LogP contribution in [-0.4, -0.2) is 16.2 Å². The summed E-state index contributed by atoms with van der Waals surface area (Å²) < 4.78 is 0. The van der Waals surface area contributed by atoms with Gasteiger partial charge in [-0.1, -0.05) is 32.9 Å². The number of non-ortho nitro benzene ring substituents is 1. The summed E-state index contributed by atoms with van der Waals surface area (Å²) in [5.74, 6) is 0.128. The van der Waals surface area contributed by atoms with Crippen LogP contribution in [0.1, 0.15) is 31.9 Å². The minimum atomic E-state index is -0.431. The molecule has 0 spiro atoms. The molecule has 0 aliphatic heterocycles. The van der Waals surface area contributed by atoms with Crippen LogP contribution in [-0.2, 0) is 5.41 Å². The van der Waals surface area contributed by atoms with Gasteiger partial charge < -0.3 is 5.11 Å². The molecule has 0 atom stereocenters. The summed E-state index contributed by atoms with van der Waals surface area (Å²) in [6.45, 7) is 6.30. The Bertz CT molecular complexity index is 785. The summed E-state index contributed by atoms with van der Waals surface area (Å²) in [6, 6.07) is 11.6. The number of hydrogen-bond donors (Lipinski definition) is 1. The van der Waals surface area contributed by atoms with Gasteiger partial charge >= 0.3 is 0 Å². The summed E-state index contributed by atoms with van der Waals surface area (Å²) >= 11 is 0. The van der Waals surface area contributed by atoms with Crippen LogP contribution in [0.5, 0.6) is 5.75 Å². The van der Waals surface area contributed by atoms with Crippen LogP contribution in [0.4, 0.5) is 11.4 Å². The monoisotopic (exact) mass is 324 g/mol. The first kappa shape index (κ1) is 17.4. The van der Waals surface area contributed by atoms with Gasteiger partial charge in [-0.2, -0.15) is 0 Å². The summed E-state index contributed by atoms with van der Waals surface area (Å²) in [6.07, 6.45) is 5.10. The van der Waals surface area contributed by atoms with Gasteiger partial charge in [-0.05, 0) is 46.9 Å². The van der Waals surface area contributed by atoms with Crippen LogP contribution in [0.2, 0.25) is 0 Å². The van der Waals surface area contributed by atoms with Crippen molar-refractivity contribution in [1.82, 2.24) is 0 Å². The first-order chi connectivity index (χ1) is 11.3. The van der Waals surface area contributed by atoms with E-state index in [1.807, 2.05) is 12.1 Å². The van der Waals surface area contributed by atoms with E-state index in [1.54, 1.807) is 36.6 Å². The Labute approximate surface area is 141 Å². The number of phenolic OH excluding ortho intramolecular Hbond substituents is 1. The molecule has 0 unspecified atom stereocenters. The van der Waals surface area contributed by atoms with Crippen LogP contribution in [0, 0.1) is 10.1 Å². The lowest BCUT2D eigenvalue weighted by Crippen LogP contribution is -2.10. The summed E-state index contributed by atoms with van der Waals surface area (Å²) in [4.78, 5) is 14.4. The van der Waals surface area contributed by atoms with E-state index in [1.165, 1.54) is 12.1 Å². The van der Waals surface area contributed by atoms with Gasteiger partial charge in [-0.3, -0.25) is 15.1 Å². The number of allylic oxidation sites excluding steroid dienone is 1. The van der Waals surface area contributed by atoms with Gasteiger partial charge in [0.1, 0.15) is 11.4 Å². The van der Waals surface area contributed by atoms with Crippen molar-refractivity contribution in [3.8, 4) is 5.75 Å². The Morgan fingerprint density at radius 1 is 1.12 bits per heavy atom. The lowest BCUT2D eigenvalue weighted by molar-refractivity contribution is -0.384. The highest BCUT2D eigenvalue weighted by molar-refractivity contribution is 5.81. The Morgan fingerprint density at radius 3 is 2.38 bits per heavy atom. The van der Waals surface area contributed by atoms with E-state index in [4.69, 9.17) is 0 Å². The van der Waals surface area contributed by atoms with Crippen molar-refractivity contribution >= 4 is 23.7 Å².